The van der Waals surface area contributed by atoms with Gasteiger partial charge in [0.05, 0.1) is 0 Å². The summed E-state index contributed by atoms with van der Waals surface area (Å²) in [6.45, 7) is 0. The molecule has 0 radical (unpaired) electrons. The minimum absolute atomic E-state index is 0.00908. The van der Waals surface area contributed by atoms with Gasteiger partial charge in [-0.3, -0.25) is 10.2 Å². The molecule has 1 saturated carbocycles. The summed E-state index contributed by atoms with van der Waals surface area (Å²) in [4.78, 5) is 21.5. The molecule has 3 aromatic rings. The van der Waals surface area contributed by atoms with Crippen molar-refractivity contribution < 1.29 is 36.3 Å². The van der Waals surface area contributed by atoms with Crippen LogP contribution in [0.25, 0.3) is 11.1 Å². The lowest BCUT2D eigenvalue weighted by Crippen LogP contribution is -2.21. The number of hydrogen-bond acceptors (Lipinski definition) is 6. The Bertz CT molecular complexity index is 1440. The van der Waals surface area contributed by atoms with Gasteiger partial charge in [0.15, 0.2) is 0 Å². The molecule has 7 N–H and O–H groups in total. The largest absolute Gasteiger partial charge is 0.490 e. The molecule has 196 valence electrons. The van der Waals surface area contributed by atoms with Gasteiger partial charge < -0.3 is 16.2 Å². The summed E-state index contributed by atoms with van der Waals surface area (Å²) in [6, 6.07) is 16.1. The Morgan fingerprint density at radius 2 is 1.73 bits per heavy atom. The second-order valence-corrected chi connectivity index (χ2v) is 10.7. The molecule has 1 heterocycles. The van der Waals surface area contributed by atoms with E-state index in [1.54, 1.807) is 41.8 Å². The van der Waals surface area contributed by atoms with E-state index in [9.17, 15) is 26.4 Å². The van der Waals surface area contributed by atoms with Crippen LogP contribution in [-0.4, -0.2) is 37.4 Å². The molecule has 0 spiro atoms. The number of anilines is 1. The van der Waals surface area contributed by atoms with Gasteiger partial charge >= 0.3 is 12.1 Å². The molecule has 0 aliphatic heterocycles. The first kappa shape index (κ1) is 27.8. The van der Waals surface area contributed by atoms with Crippen LogP contribution in [0.1, 0.15) is 23.5 Å². The van der Waals surface area contributed by atoms with Crippen LogP contribution in [0, 0.1) is 11.3 Å². The number of nitrogen functional groups attached to an aromatic ring is 1. The number of nitrogens with one attached hydrogen (secondary N) is 2. The lowest BCUT2D eigenvalue weighted by molar-refractivity contribution is -0.192. The van der Waals surface area contributed by atoms with Crippen LogP contribution in [0.2, 0.25) is 0 Å². The van der Waals surface area contributed by atoms with Gasteiger partial charge in [0.25, 0.3) is 0 Å². The number of nitrogens with two attached hydrogens (primary N) is 2. The molecule has 0 unspecified atom stereocenters. The maximum atomic E-state index is 12.6. The second-order valence-electron chi connectivity index (χ2n) is 8.02. The van der Waals surface area contributed by atoms with Gasteiger partial charge in [-0.1, -0.05) is 30.3 Å². The number of thiophene rings is 1. The fraction of sp³-hybridized carbons (Fsp3) is 0.174. The van der Waals surface area contributed by atoms with E-state index in [0.29, 0.717) is 22.4 Å². The van der Waals surface area contributed by atoms with E-state index in [2.05, 4.69) is 5.32 Å². The first-order chi connectivity index (χ1) is 17.2. The molecule has 2 atom stereocenters. The lowest BCUT2D eigenvalue weighted by Gasteiger charge is -2.08. The number of primary sulfonamides is 1. The maximum absolute atomic E-state index is 12.6. The zero-order valence-electron chi connectivity index (χ0n) is 18.8. The molecule has 1 aliphatic carbocycles. The van der Waals surface area contributed by atoms with Crippen molar-refractivity contribution in [2.75, 3.05) is 5.32 Å². The minimum atomic E-state index is -5.08. The quantitative estimate of drug-likeness (QED) is 0.229. The van der Waals surface area contributed by atoms with Gasteiger partial charge in [-0.2, -0.15) is 13.2 Å². The average Bonchev–Trinajstić information content (AvgIpc) is 3.46. The SMILES string of the molecule is N=C(N)c1cccc([C@H]2C[C@H]2C(=O)Nc2ccc(-c3ccsc3S(N)(=O)=O)cc2)c1.O=C(O)C(F)(F)F. The van der Waals surface area contributed by atoms with Crippen LogP contribution in [0.15, 0.2) is 64.2 Å². The summed E-state index contributed by atoms with van der Waals surface area (Å²) in [5.74, 6) is -2.83. The number of amides is 1. The molecular weight excluding hydrogens is 533 g/mol. The van der Waals surface area contributed by atoms with Crippen molar-refractivity contribution in [3.63, 3.8) is 0 Å². The third-order valence-corrected chi connectivity index (χ3v) is 7.78. The van der Waals surface area contributed by atoms with E-state index < -0.39 is 22.2 Å². The minimum Gasteiger partial charge on any atom is -0.475 e. The van der Waals surface area contributed by atoms with Crippen molar-refractivity contribution >= 4 is 44.8 Å². The maximum Gasteiger partial charge on any atom is 0.490 e. The number of carbonyl (C=O) groups is 2. The number of halogens is 3. The Morgan fingerprint density at radius 1 is 1.11 bits per heavy atom. The van der Waals surface area contributed by atoms with E-state index in [1.807, 2.05) is 18.2 Å². The Kier molecular flexibility index (Phi) is 8.05. The third-order valence-electron chi connectivity index (χ3n) is 5.35. The summed E-state index contributed by atoms with van der Waals surface area (Å²) < 4.78 is 55.3. The summed E-state index contributed by atoms with van der Waals surface area (Å²) in [5.41, 5.74) is 9.10. The molecule has 37 heavy (non-hydrogen) atoms. The van der Waals surface area contributed by atoms with Gasteiger partial charge in [0.2, 0.25) is 15.9 Å². The molecule has 0 saturated heterocycles. The lowest BCUT2D eigenvalue weighted by atomic mass is 10.0. The van der Waals surface area contributed by atoms with E-state index in [1.165, 1.54) is 0 Å². The number of benzene rings is 2. The number of rotatable bonds is 6. The third kappa shape index (κ3) is 7.15. The van der Waals surface area contributed by atoms with E-state index in [0.717, 1.165) is 23.3 Å². The van der Waals surface area contributed by atoms with Crippen molar-refractivity contribution in [2.45, 2.75) is 22.7 Å². The highest BCUT2D eigenvalue weighted by atomic mass is 32.2. The predicted molar refractivity (Wildman–Crippen MR) is 132 cm³/mol. The molecule has 4 rings (SSSR count). The standard InChI is InChI=1S/C21H20N4O3S2.C2HF3O2/c22-19(23)14-3-1-2-13(10-14)17-11-18(17)20(26)25-15-6-4-12(5-7-15)16-8-9-29-21(16)30(24,27)28;3-2(4,5)1(6)7/h1-10,17-18H,11H2,(H3,22,23)(H,25,26)(H2,24,27,28);(H,6,7)/t17-,18-;/m1./s1. The normalized spacial score (nSPS) is 16.8. The fourth-order valence-electron chi connectivity index (χ4n) is 3.49. The Labute approximate surface area is 213 Å². The number of sulfonamides is 1. The number of carbonyl (C=O) groups excluding carboxylic acids is 1. The van der Waals surface area contributed by atoms with Crippen molar-refractivity contribution in [2.24, 2.45) is 16.8 Å². The van der Waals surface area contributed by atoms with E-state index >= 15 is 0 Å². The van der Waals surface area contributed by atoms with Crippen LogP contribution in [0.4, 0.5) is 18.9 Å². The van der Waals surface area contributed by atoms with Gasteiger partial charge in [0, 0.05) is 22.7 Å². The van der Waals surface area contributed by atoms with Crippen molar-refractivity contribution in [1.29, 1.82) is 5.41 Å². The number of alkyl halides is 3. The highest BCUT2D eigenvalue weighted by molar-refractivity contribution is 7.91. The molecule has 2 aromatic carbocycles. The molecule has 1 fully saturated rings. The average molecular weight is 555 g/mol. The number of hydrogen-bond donors (Lipinski definition) is 5. The Hall–Kier alpha value is -3.75. The van der Waals surface area contributed by atoms with Crippen LogP contribution >= 0.6 is 11.3 Å². The number of carboxylic acids is 1. The van der Waals surface area contributed by atoms with Crippen LogP contribution in [0.5, 0.6) is 0 Å². The summed E-state index contributed by atoms with van der Waals surface area (Å²) >= 11 is 1.08. The van der Waals surface area contributed by atoms with Gasteiger partial charge in [-0.05, 0) is 53.1 Å². The molecule has 0 bridgehead atoms. The van der Waals surface area contributed by atoms with Gasteiger partial charge in [0.1, 0.15) is 10.0 Å². The smallest absolute Gasteiger partial charge is 0.475 e. The summed E-state index contributed by atoms with van der Waals surface area (Å²) in [7, 11) is -3.78. The summed E-state index contributed by atoms with van der Waals surface area (Å²) in [5, 5.41) is 24.5. The fourth-order valence-corrected chi connectivity index (χ4v) is 5.32. The highest BCUT2D eigenvalue weighted by Crippen LogP contribution is 2.48. The molecular formula is C23H21F3N4O5S2. The van der Waals surface area contributed by atoms with Crippen molar-refractivity contribution in [3.8, 4) is 11.1 Å². The van der Waals surface area contributed by atoms with E-state index in [-0.39, 0.29) is 27.8 Å². The topological polar surface area (TPSA) is 176 Å². The van der Waals surface area contributed by atoms with Gasteiger partial charge in [-0.15, -0.1) is 11.3 Å². The van der Waals surface area contributed by atoms with E-state index in [4.69, 9.17) is 26.2 Å². The van der Waals surface area contributed by atoms with Crippen molar-refractivity contribution in [1.82, 2.24) is 0 Å². The predicted octanol–water partition coefficient (Wildman–Crippen LogP) is 3.72. The zero-order chi connectivity index (χ0) is 27.5. The highest BCUT2D eigenvalue weighted by Gasteiger charge is 2.44. The van der Waals surface area contributed by atoms with Crippen molar-refractivity contribution in [3.05, 3.63) is 71.1 Å². The molecule has 9 nitrogen and oxygen atoms in total. The van der Waals surface area contributed by atoms with Crippen LogP contribution in [0.3, 0.4) is 0 Å². The summed E-state index contributed by atoms with van der Waals surface area (Å²) in [6.07, 6.45) is -4.34. The van der Waals surface area contributed by atoms with Gasteiger partial charge in [-0.25, -0.2) is 18.4 Å². The van der Waals surface area contributed by atoms with Crippen LogP contribution in [-0.2, 0) is 19.6 Å². The Morgan fingerprint density at radius 3 is 2.27 bits per heavy atom. The zero-order valence-corrected chi connectivity index (χ0v) is 20.5. The van der Waals surface area contributed by atoms with Crippen LogP contribution < -0.4 is 16.2 Å². The molecule has 1 aromatic heterocycles. The molecule has 1 aliphatic rings. The first-order valence-electron chi connectivity index (χ1n) is 10.4. The second kappa shape index (κ2) is 10.7. The number of aliphatic carboxylic acids is 1. The Balaban J connectivity index is 0.000000479. The monoisotopic (exact) mass is 554 g/mol. The number of carboxylic acid groups (broad SMARTS) is 1. The first-order valence-corrected chi connectivity index (χ1v) is 12.9. The molecule has 1 amide bonds. The number of amidine groups is 1. The molecule has 14 heteroatoms.